The van der Waals surface area contributed by atoms with Crippen LogP contribution in [0.4, 0.5) is 4.79 Å². The van der Waals surface area contributed by atoms with Crippen LogP contribution < -0.4 is 27.0 Å². The third kappa shape index (κ3) is 15.2. The number of ketones is 1. The zero-order chi connectivity index (χ0) is 39.7. The average molecular weight is 749 g/mol. The number of carbonyl (C=O) groups is 8. The maximum atomic E-state index is 13.8. The van der Waals surface area contributed by atoms with Crippen molar-refractivity contribution in [3.05, 3.63) is 35.9 Å². The van der Waals surface area contributed by atoms with E-state index in [4.69, 9.17) is 25.1 Å². The lowest BCUT2D eigenvalue weighted by atomic mass is 10.0. The van der Waals surface area contributed by atoms with Crippen molar-refractivity contribution in [2.24, 2.45) is 17.6 Å². The molecule has 1 aliphatic rings. The summed E-state index contributed by atoms with van der Waals surface area (Å²) in [6.45, 7) is 7.17. The number of carboxylic acids is 1. The summed E-state index contributed by atoms with van der Waals surface area (Å²) in [5.74, 6) is -7.13. The van der Waals surface area contributed by atoms with Crippen molar-refractivity contribution in [3.63, 3.8) is 0 Å². The highest BCUT2D eigenvalue weighted by Gasteiger charge is 2.44. The molecule has 0 saturated carbocycles. The highest BCUT2D eigenvalue weighted by Crippen LogP contribution is 2.24. The Labute approximate surface area is 308 Å². The van der Waals surface area contributed by atoms with Crippen LogP contribution in [0, 0.1) is 11.8 Å². The van der Waals surface area contributed by atoms with Gasteiger partial charge in [0, 0.05) is 13.0 Å². The van der Waals surface area contributed by atoms with E-state index in [9.17, 15) is 38.4 Å². The predicted molar refractivity (Wildman–Crippen MR) is 188 cm³/mol. The van der Waals surface area contributed by atoms with Gasteiger partial charge in [0.05, 0.1) is 38.5 Å². The third-order valence-corrected chi connectivity index (χ3v) is 7.96. The number of carbonyl (C=O) groups excluding carboxylic acids is 7. The van der Waals surface area contributed by atoms with Gasteiger partial charge >= 0.3 is 12.1 Å². The summed E-state index contributed by atoms with van der Waals surface area (Å²) < 4.78 is 16.0. The second kappa shape index (κ2) is 22.1. The first kappa shape index (κ1) is 44.1. The summed E-state index contributed by atoms with van der Waals surface area (Å²) in [7, 11) is 0. The van der Waals surface area contributed by atoms with Gasteiger partial charge in [0.1, 0.15) is 24.7 Å². The third-order valence-electron chi connectivity index (χ3n) is 7.96. The van der Waals surface area contributed by atoms with Gasteiger partial charge in [0.15, 0.2) is 0 Å². The molecule has 6 amide bonds. The maximum Gasteiger partial charge on any atom is 0.407 e. The number of nitrogens with zero attached hydrogens (tertiary/aromatic N) is 1. The molecule has 2 rings (SSSR count). The molecule has 1 heterocycles. The number of likely N-dealkylation sites (tertiary alicyclic amines) is 1. The largest absolute Gasteiger partial charge is 0.480 e. The van der Waals surface area contributed by atoms with Crippen molar-refractivity contribution in [3.8, 4) is 0 Å². The highest BCUT2D eigenvalue weighted by atomic mass is 16.5. The molecule has 53 heavy (non-hydrogen) atoms. The van der Waals surface area contributed by atoms with E-state index < -0.39 is 96.7 Å². The standard InChI is InChI=1S/C35H52N6O12/c1-6-10-24(30(45)33(48)37-14-27(42)38-25(31(36)46)18-51-17-22-11-8-7-9-12-22)39-32(47)26-13-23(52-19-28(43)44)15-41(26)34(49)29(21(4)5)40-35(50)53-16-20(2)3/h7-9,11-12,20-21,23-26,29H,6,10,13-19H2,1-5H3,(H2,36,46)(H,37,48)(H,38,42)(H,39,47)(H,40,50)(H,43,44). The average Bonchev–Trinajstić information content (AvgIpc) is 3.54. The first-order valence-electron chi connectivity index (χ1n) is 17.4. The van der Waals surface area contributed by atoms with Crippen molar-refractivity contribution >= 4 is 47.4 Å². The predicted octanol–water partition coefficient (Wildman–Crippen LogP) is -0.379. The number of aliphatic carboxylic acids is 1. The van der Waals surface area contributed by atoms with Crippen molar-refractivity contribution in [1.29, 1.82) is 0 Å². The molecular formula is C35H52N6O12. The second-order valence-corrected chi connectivity index (χ2v) is 13.3. The smallest absolute Gasteiger partial charge is 0.407 e. The molecule has 5 unspecified atom stereocenters. The molecule has 0 aliphatic carbocycles. The molecule has 294 valence electrons. The molecule has 1 aromatic carbocycles. The molecule has 0 bridgehead atoms. The number of hydrogen-bond acceptors (Lipinski definition) is 11. The molecule has 0 aromatic heterocycles. The van der Waals surface area contributed by atoms with Crippen LogP contribution in [0.15, 0.2) is 30.3 Å². The minimum Gasteiger partial charge on any atom is -0.480 e. The van der Waals surface area contributed by atoms with Crippen LogP contribution in [0.3, 0.4) is 0 Å². The Morgan fingerprint density at radius 2 is 1.62 bits per heavy atom. The molecule has 1 aromatic rings. The van der Waals surface area contributed by atoms with Crippen molar-refractivity contribution < 1.29 is 57.7 Å². The van der Waals surface area contributed by atoms with Gasteiger partial charge in [0.2, 0.25) is 29.4 Å². The van der Waals surface area contributed by atoms with Gasteiger partial charge in [-0.2, -0.15) is 0 Å². The first-order valence-corrected chi connectivity index (χ1v) is 17.4. The fraction of sp³-hybridized carbons (Fsp3) is 0.600. The second-order valence-electron chi connectivity index (χ2n) is 13.3. The van der Waals surface area contributed by atoms with Gasteiger partial charge in [-0.3, -0.25) is 28.8 Å². The number of nitrogens with one attached hydrogen (secondary N) is 4. The van der Waals surface area contributed by atoms with Crippen LogP contribution in [-0.2, 0) is 54.4 Å². The SMILES string of the molecule is CCCC(NC(=O)C1CC(OCC(=O)O)CN1C(=O)C(NC(=O)OCC(C)C)C(C)C)C(=O)C(=O)NCC(=O)NC(COCc1ccccc1)C(N)=O. The molecule has 1 aliphatic heterocycles. The summed E-state index contributed by atoms with van der Waals surface area (Å²) in [6, 6.07) is 4.10. The minimum absolute atomic E-state index is 0.0180. The van der Waals surface area contributed by atoms with Crippen LogP contribution in [0.25, 0.3) is 0 Å². The quantitative estimate of drug-likeness (QED) is 0.0830. The van der Waals surface area contributed by atoms with Crippen molar-refractivity contribution in [1.82, 2.24) is 26.2 Å². The van der Waals surface area contributed by atoms with E-state index in [2.05, 4.69) is 21.3 Å². The Morgan fingerprint density at radius 1 is 0.943 bits per heavy atom. The van der Waals surface area contributed by atoms with E-state index in [0.717, 1.165) is 10.5 Å². The van der Waals surface area contributed by atoms with Gasteiger partial charge in [-0.1, -0.05) is 71.4 Å². The van der Waals surface area contributed by atoms with E-state index in [1.54, 1.807) is 20.8 Å². The molecule has 1 saturated heterocycles. The summed E-state index contributed by atoms with van der Waals surface area (Å²) >= 11 is 0. The summed E-state index contributed by atoms with van der Waals surface area (Å²) in [5.41, 5.74) is 6.21. The van der Waals surface area contributed by atoms with Gasteiger partial charge in [-0.05, 0) is 23.8 Å². The van der Waals surface area contributed by atoms with Crippen LogP contribution >= 0.6 is 0 Å². The normalized spacial score (nSPS) is 17.0. The summed E-state index contributed by atoms with van der Waals surface area (Å²) in [6.07, 6.45) is -1.47. The fourth-order valence-electron chi connectivity index (χ4n) is 5.24. The fourth-order valence-corrected chi connectivity index (χ4v) is 5.24. The van der Waals surface area contributed by atoms with E-state index >= 15 is 0 Å². The number of ether oxygens (including phenoxy) is 3. The minimum atomic E-state index is -1.36. The Morgan fingerprint density at radius 3 is 2.21 bits per heavy atom. The highest BCUT2D eigenvalue weighted by molar-refractivity contribution is 6.38. The first-order chi connectivity index (χ1) is 25.0. The molecule has 18 nitrogen and oxygen atoms in total. The number of carboxylic acid groups (broad SMARTS) is 1. The van der Waals surface area contributed by atoms with Crippen LogP contribution in [-0.4, -0.2) is 121 Å². The Hall–Kier alpha value is -5.10. The van der Waals surface area contributed by atoms with E-state index in [1.165, 1.54) is 0 Å². The number of rotatable bonds is 22. The molecule has 5 atom stereocenters. The Bertz CT molecular complexity index is 1440. The zero-order valence-electron chi connectivity index (χ0n) is 30.8. The van der Waals surface area contributed by atoms with Gasteiger partial charge < -0.3 is 51.2 Å². The maximum absolute atomic E-state index is 13.8. The number of nitrogens with two attached hydrogens (primary N) is 1. The zero-order valence-corrected chi connectivity index (χ0v) is 30.8. The molecule has 0 spiro atoms. The number of Topliss-reactive ketones (excluding diaryl/α,β-unsaturated/α-hetero) is 1. The number of amides is 6. The number of primary amides is 1. The number of hydrogen-bond donors (Lipinski definition) is 6. The van der Waals surface area contributed by atoms with Crippen molar-refractivity contribution in [2.45, 2.75) is 90.8 Å². The summed E-state index contributed by atoms with van der Waals surface area (Å²) in [4.78, 5) is 103. The lowest BCUT2D eigenvalue weighted by Crippen LogP contribution is -2.57. The van der Waals surface area contributed by atoms with Crippen LogP contribution in [0.5, 0.6) is 0 Å². The number of benzene rings is 1. The molecular weight excluding hydrogens is 696 g/mol. The Balaban J connectivity index is 2.10. The molecule has 18 heteroatoms. The lowest BCUT2D eigenvalue weighted by molar-refractivity contribution is -0.144. The Kier molecular flexibility index (Phi) is 18.4. The van der Waals surface area contributed by atoms with Gasteiger partial charge in [0.25, 0.3) is 5.91 Å². The van der Waals surface area contributed by atoms with Gasteiger partial charge in [-0.25, -0.2) is 9.59 Å². The van der Waals surface area contributed by atoms with Gasteiger partial charge in [-0.15, -0.1) is 0 Å². The van der Waals surface area contributed by atoms with E-state index in [-0.39, 0.29) is 45.1 Å². The monoisotopic (exact) mass is 748 g/mol. The molecule has 0 radical (unpaired) electrons. The van der Waals surface area contributed by atoms with E-state index in [1.807, 2.05) is 44.2 Å². The molecule has 1 fully saturated rings. The van der Waals surface area contributed by atoms with Crippen LogP contribution in [0.2, 0.25) is 0 Å². The molecule has 7 N–H and O–H groups in total. The summed E-state index contributed by atoms with van der Waals surface area (Å²) in [5, 5.41) is 18.7. The number of alkyl carbamates (subject to hydrolysis) is 1. The topological polar surface area (TPSA) is 262 Å². The van der Waals surface area contributed by atoms with E-state index in [0.29, 0.717) is 6.42 Å². The van der Waals surface area contributed by atoms with Crippen molar-refractivity contribution in [2.75, 3.05) is 32.9 Å². The lowest BCUT2D eigenvalue weighted by Gasteiger charge is -2.31. The van der Waals surface area contributed by atoms with Crippen LogP contribution in [0.1, 0.15) is 59.4 Å².